The molecule has 1 aliphatic heterocycles. The Morgan fingerprint density at radius 2 is 2.22 bits per heavy atom. The number of aromatic nitrogens is 2. The van der Waals surface area contributed by atoms with Crippen LogP contribution in [0.15, 0.2) is 42.7 Å². The van der Waals surface area contributed by atoms with Gasteiger partial charge < -0.3 is 25.5 Å². The minimum atomic E-state index is -0.680. The number of hydrogen-bond acceptors (Lipinski definition) is 5. The molecule has 1 saturated heterocycles. The number of ether oxygens (including phenoxy) is 1. The van der Waals surface area contributed by atoms with Gasteiger partial charge in [-0.2, -0.15) is 0 Å². The molecule has 0 spiro atoms. The second-order valence-corrected chi connectivity index (χ2v) is 5.46. The van der Waals surface area contributed by atoms with E-state index in [4.69, 9.17) is 4.74 Å². The van der Waals surface area contributed by atoms with Gasteiger partial charge in [0.15, 0.2) is 0 Å². The first-order valence-corrected chi connectivity index (χ1v) is 7.58. The second-order valence-electron chi connectivity index (χ2n) is 5.46. The number of carbonyl (C=O) groups is 1. The van der Waals surface area contributed by atoms with E-state index in [0.717, 1.165) is 5.82 Å². The van der Waals surface area contributed by atoms with Crippen molar-refractivity contribution < 1.29 is 14.6 Å². The SMILES string of the molecule is O=C(NCC1OCC(NCc2ncc[nH]2)C1O)c1ccccc1. The summed E-state index contributed by atoms with van der Waals surface area (Å²) < 4.78 is 5.58. The largest absolute Gasteiger partial charge is 0.389 e. The van der Waals surface area contributed by atoms with E-state index in [1.165, 1.54) is 0 Å². The molecule has 1 aliphatic rings. The van der Waals surface area contributed by atoms with Crippen LogP contribution in [0.3, 0.4) is 0 Å². The Hall–Kier alpha value is -2.22. The molecule has 122 valence electrons. The van der Waals surface area contributed by atoms with Gasteiger partial charge >= 0.3 is 0 Å². The van der Waals surface area contributed by atoms with Crippen molar-refractivity contribution in [3.05, 3.63) is 54.1 Å². The summed E-state index contributed by atoms with van der Waals surface area (Å²) in [6.45, 7) is 1.20. The van der Waals surface area contributed by atoms with Crippen molar-refractivity contribution in [3.63, 3.8) is 0 Å². The van der Waals surface area contributed by atoms with E-state index in [-0.39, 0.29) is 18.5 Å². The van der Waals surface area contributed by atoms with Crippen LogP contribution in [0.4, 0.5) is 0 Å². The third kappa shape index (κ3) is 3.95. The summed E-state index contributed by atoms with van der Waals surface area (Å²) in [5.74, 6) is 0.631. The molecular weight excluding hydrogens is 296 g/mol. The average Bonchev–Trinajstić information content (AvgIpc) is 3.22. The number of amides is 1. The lowest BCUT2D eigenvalue weighted by atomic mass is 10.1. The van der Waals surface area contributed by atoms with Crippen LogP contribution in [0.1, 0.15) is 16.2 Å². The monoisotopic (exact) mass is 316 g/mol. The third-order valence-corrected chi connectivity index (χ3v) is 3.87. The fraction of sp³-hybridized carbons (Fsp3) is 0.375. The van der Waals surface area contributed by atoms with Crippen molar-refractivity contribution in [1.29, 1.82) is 0 Å². The zero-order valence-electron chi connectivity index (χ0n) is 12.6. The minimum absolute atomic E-state index is 0.173. The van der Waals surface area contributed by atoms with E-state index in [1.54, 1.807) is 24.5 Å². The van der Waals surface area contributed by atoms with Crippen LogP contribution >= 0.6 is 0 Å². The lowest BCUT2D eigenvalue weighted by Crippen LogP contribution is -2.44. The molecule has 1 aromatic carbocycles. The van der Waals surface area contributed by atoms with E-state index in [9.17, 15) is 9.90 Å². The van der Waals surface area contributed by atoms with Crippen molar-refractivity contribution in [2.24, 2.45) is 0 Å². The maximum Gasteiger partial charge on any atom is 0.251 e. The number of aliphatic hydroxyl groups is 1. The van der Waals surface area contributed by atoms with Crippen LogP contribution in [0.5, 0.6) is 0 Å². The highest BCUT2D eigenvalue weighted by Gasteiger charge is 2.35. The summed E-state index contributed by atoms with van der Waals surface area (Å²) in [6, 6.07) is 8.79. The Morgan fingerprint density at radius 1 is 1.39 bits per heavy atom. The molecule has 0 aliphatic carbocycles. The van der Waals surface area contributed by atoms with Gasteiger partial charge in [0.05, 0.1) is 25.3 Å². The first-order chi connectivity index (χ1) is 11.2. The normalized spacial score (nSPS) is 23.8. The molecule has 0 saturated carbocycles. The number of aliphatic hydroxyl groups excluding tert-OH is 1. The number of carbonyl (C=O) groups excluding carboxylic acids is 1. The molecule has 23 heavy (non-hydrogen) atoms. The number of aromatic amines is 1. The zero-order chi connectivity index (χ0) is 16.1. The van der Waals surface area contributed by atoms with Crippen LogP contribution in [-0.4, -0.2) is 52.4 Å². The average molecular weight is 316 g/mol. The van der Waals surface area contributed by atoms with Gasteiger partial charge in [0.2, 0.25) is 0 Å². The highest BCUT2D eigenvalue weighted by molar-refractivity contribution is 5.94. The number of rotatable bonds is 6. The summed E-state index contributed by atoms with van der Waals surface area (Å²) in [5, 5.41) is 16.3. The molecule has 3 rings (SSSR count). The fourth-order valence-electron chi connectivity index (χ4n) is 2.55. The Bertz CT molecular complexity index is 618. The van der Waals surface area contributed by atoms with Crippen LogP contribution in [0, 0.1) is 0 Å². The topological polar surface area (TPSA) is 99.3 Å². The first-order valence-electron chi connectivity index (χ1n) is 7.58. The van der Waals surface area contributed by atoms with Crippen LogP contribution in [-0.2, 0) is 11.3 Å². The molecule has 1 amide bonds. The molecule has 0 bridgehead atoms. The van der Waals surface area contributed by atoms with E-state index < -0.39 is 12.2 Å². The summed E-state index contributed by atoms with van der Waals surface area (Å²) in [5.41, 5.74) is 0.590. The zero-order valence-corrected chi connectivity index (χ0v) is 12.6. The van der Waals surface area contributed by atoms with E-state index in [2.05, 4.69) is 20.6 Å². The lowest BCUT2D eigenvalue weighted by Gasteiger charge is -2.18. The van der Waals surface area contributed by atoms with Crippen LogP contribution in [0.25, 0.3) is 0 Å². The molecule has 7 nitrogen and oxygen atoms in total. The van der Waals surface area contributed by atoms with Gasteiger partial charge in [-0.05, 0) is 12.1 Å². The van der Waals surface area contributed by atoms with Crippen molar-refractivity contribution in [2.45, 2.75) is 24.8 Å². The molecule has 4 N–H and O–H groups in total. The minimum Gasteiger partial charge on any atom is -0.389 e. The van der Waals surface area contributed by atoms with Gasteiger partial charge in [-0.15, -0.1) is 0 Å². The van der Waals surface area contributed by atoms with Gasteiger partial charge in [-0.3, -0.25) is 4.79 Å². The Morgan fingerprint density at radius 3 is 2.96 bits per heavy atom. The van der Waals surface area contributed by atoms with Crippen molar-refractivity contribution in [2.75, 3.05) is 13.2 Å². The molecule has 0 radical (unpaired) electrons. The van der Waals surface area contributed by atoms with Crippen LogP contribution < -0.4 is 10.6 Å². The summed E-state index contributed by atoms with van der Waals surface area (Å²) in [6.07, 6.45) is 2.33. The predicted octanol–water partition coefficient (Wildman–Crippen LogP) is 0.0576. The smallest absolute Gasteiger partial charge is 0.251 e. The molecule has 1 fully saturated rings. The first kappa shape index (κ1) is 15.7. The van der Waals surface area contributed by atoms with Gasteiger partial charge in [-0.25, -0.2) is 4.98 Å². The van der Waals surface area contributed by atoms with Gasteiger partial charge in [0.25, 0.3) is 5.91 Å². The molecule has 3 unspecified atom stereocenters. The highest BCUT2D eigenvalue weighted by atomic mass is 16.5. The van der Waals surface area contributed by atoms with E-state index in [1.807, 2.05) is 18.2 Å². The Kier molecular flexibility index (Phi) is 5.02. The standard InChI is InChI=1S/C16H20N4O3/c21-15-12(19-9-14-17-6-7-18-14)10-23-13(15)8-20-16(22)11-4-2-1-3-5-11/h1-7,12-13,15,19,21H,8-10H2,(H,17,18)(H,20,22). The maximum absolute atomic E-state index is 12.0. The molecular formula is C16H20N4O3. The van der Waals surface area contributed by atoms with Crippen molar-refractivity contribution in [3.8, 4) is 0 Å². The molecule has 1 aromatic heterocycles. The molecule has 2 aromatic rings. The number of hydrogen-bond donors (Lipinski definition) is 4. The summed E-state index contributed by atoms with van der Waals surface area (Å²) in [4.78, 5) is 19.1. The Balaban J connectivity index is 1.45. The molecule has 2 heterocycles. The number of imidazole rings is 1. The number of nitrogens with one attached hydrogen (secondary N) is 3. The van der Waals surface area contributed by atoms with Crippen molar-refractivity contribution in [1.82, 2.24) is 20.6 Å². The summed E-state index contributed by atoms with van der Waals surface area (Å²) in [7, 11) is 0. The highest BCUT2D eigenvalue weighted by Crippen LogP contribution is 2.14. The van der Waals surface area contributed by atoms with Crippen LogP contribution in [0.2, 0.25) is 0 Å². The third-order valence-electron chi connectivity index (χ3n) is 3.87. The molecule has 3 atom stereocenters. The number of nitrogens with zero attached hydrogens (tertiary/aromatic N) is 1. The van der Waals surface area contributed by atoms with E-state index in [0.29, 0.717) is 18.7 Å². The Labute approximate surface area is 134 Å². The second kappa shape index (κ2) is 7.36. The predicted molar refractivity (Wildman–Crippen MR) is 83.7 cm³/mol. The maximum atomic E-state index is 12.0. The van der Waals surface area contributed by atoms with Crippen molar-refractivity contribution >= 4 is 5.91 Å². The quantitative estimate of drug-likeness (QED) is 0.604. The summed E-state index contributed by atoms with van der Waals surface area (Å²) >= 11 is 0. The number of benzene rings is 1. The van der Waals surface area contributed by atoms with Gasteiger partial charge in [-0.1, -0.05) is 18.2 Å². The molecule has 7 heteroatoms. The lowest BCUT2D eigenvalue weighted by molar-refractivity contribution is 0.0398. The number of H-pyrrole nitrogens is 1. The fourth-order valence-corrected chi connectivity index (χ4v) is 2.55. The van der Waals surface area contributed by atoms with Gasteiger partial charge in [0.1, 0.15) is 11.9 Å². The van der Waals surface area contributed by atoms with Gasteiger partial charge in [0, 0.05) is 24.5 Å². The van der Waals surface area contributed by atoms with E-state index >= 15 is 0 Å².